The molecule has 0 spiro atoms. The quantitative estimate of drug-likeness (QED) is 0.831. The molecule has 0 aliphatic heterocycles. The number of carbonyl (C=O) groups is 1. The molecule has 0 bridgehead atoms. The number of rotatable bonds is 2. The van der Waals surface area contributed by atoms with Crippen LogP contribution in [-0.4, -0.2) is 19.5 Å². The summed E-state index contributed by atoms with van der Waals surface area (Å²) < 4.78 is 14.2. The van der Waals surface area contributed by atoms with Crippen molar-refractivity contribution in [1.82, 2.24) is 0 Å². The largest absolute Gasteiger partial charge is 0.366 e. The Balaban J connectivity index is 2.35. The highest BCUT2D eigenvalue weighted by Crippen LogP contribution is 2.36. The zero-order valence-corrected chi connectivity index (χ0v) is 14.7. The second kappa shape index (κ2) is 5.85. The first-order valence-corrected chi connectivity index (χ1v) is 10.3. The Morgan fingerprint density at radius 1 is 1.30 bits per heavy atom. The van der Waals surface area contributed by atoms with Crippen LogP contribution in [-0.2, 0) is 11.2 Å². The maximum absolute atomic E-state index is 14.2. The van der Waals surface area contributed by atoms with Gasteiger partial charge in [-0.25, -0.2) is 4.39 Å². The molecule has 1 aromatic rings. The van der Waals surface area contributed by atoms with Crippen molar-refractivity contribution in [2.75, 3.05) is 0 Å². The van der Waals surface area contributed by atoms with E-state index >= 15 is 0 Å². The third kappa shape index (κ3) is 2.68. The highest BCUT2D eigenvalue weighted by Gasteiger charge is 2.25. The van der Waals surface area contributed by atoms with E-state index in [9.17, 15) is 9.18 Å². The number of hydrogen-bond acceptors (Lipinski definition) is 1. The van der Waals surface area contributed by atoms with E-state index in [1.54, 1.807) is 6.07 Å². The summed E-state index contributed by atoms with van der Waals surface area (Å²) in [4.78, 5) is 12.0. The van der Waals surface area contributed by atoms with Gasteiger partial charge in [0.2, 0.25) is 5.91 Å². The summed E-state index contributed by atoms with van der Waals surface area (Å²) in [5, 5.41) is 1.28. The summed E-state index contributed by atoms with van der Waals surface area (Å²) in [7, 11) is -0.751. The second-order valence-corrected chi connectivity index (χ2v) is 9.00. The van der Waals surface area contributed by atoms with Crippen LogP contribution < -0.4 is 5.73 Å². The van der Waals surface area contributed by atoms with Gasteiger partial charge in [-0.2, -0.15) is 0 Å². The molecular formula is C19H20FNOSi. The van der Waals surface area contributed by atoms with E-state index in [1.165, 1.54) is 11.2 Å². The van der Waals surface area contributed by atoms with Gasteiger partial charge in [-0.3, -0.25) is 4.79 Å². The molecule has 1 aromatic carbocycles. The average Bonchev–Trinajstić information content (AvgIpc) is 2.89. The SMILES string of the molecule is CC1=Cc2c(C3=C(C(N)=O)C=CCC3=[Si](C)C)ccc(F)c2C1. The van der Waals surface area contributed by atoms with E-state index in [0.717, 1.165) is 34.3 Å². The Bertz CT molecular complexity index is 839. The molecule has 0 saturated heterocycles. The van der Waals surface area contributed by atoms with Crippen LogP contribution in [0.15, 0.2) is 35.4 Å². The zero-order valence-electron chi connectivity index (χ0n) is 13.7. The van der Waals surface area contributed by atoms with E-state index < -0.39 is 14.3 Å². The molecule has 23 heavy (non-hydrogen) atoms. The fourth-order valence-electron chi connectivity index (χ4n) is 3.39. The van der Waals surface area contributed by atoms with Crippen LogP contribution in [0.5, 0.6) is 0 Å². The van der Waals surface area contributed by atoms with Crippen molar-refractivity contribution in [1.29, 1.82) is 0 Å². The van der Waals surface area contributed by atoms with E-state index in [0.29, 0.717) is 12.0 Å². The summed E-state index contributed by atoms with van der Waals surface area (Å²) in [6, 6.07) is 3.31. The number of fused-ring (bicyclic) bond motifs is 1. The number of benzene rings is 1. The van der Waals surface area contributed by atoms with Gasteiger partial charge < -0.3 is 5.73 Å². The lowest BCUT2D eigenvalue weighted by Crippen LogP contribution is -2.23. The molecule has 2 aliphatic carbocycles. The van der Waals surface area contributed by atoms with Gasteiger partial charge in [0.25, 0.3) is 0 Å². The number of amides is 1. The molecule has 4 heteroatoms. The van der Waals surface area contributed by atoms with Gasteiger partial charge in [0.15, 0.2) is 0 Å². The van der Waals surface area contributed by atoms with Crippen LogP contribution in [0, 0.1) is 5.82 Å². The number of primary amides is 1. The smallest absolute Gasteiger partial charge is 0.249 e. The molecule has 0 saturated carbocycles. The number of allylic oxidation sites excluding steroid dienone is 3. The van der Waals surface area contributed by atoms with Crippen LogP contribution in [0.25, 0.3) is 11.6 Å². The highest BCUT2D eigenvalue weighted by atomic mass is 28.2. The number of hydrogen-bond donors (Lipinski definition) is 1. The normalized spacial score (nSPS) is 16.5. The monoisotopic (exact) mass is 325 g/mol. The van der Waals surface area contributed by atoms with Crippen molar-refractivity contribution in [2.45, 2.75) is 32.9 Å². The third-order valence-electron chi connectivity index (χ3n) is 4.46. The molecular weight excluding hydrogens is 305 g/mol. The van der Waals surface area contributed by atoms with Gasteiger partial charge in [0, 0.05) is 14.0 Å². The fourth-order valence-corrected chi connectivity index (χ4v) is 4.68. The summed E-state index contributed by atoms with van der Waals surface area (Å²) >= 11 is 0. The van der Waals surface area contributed by atoms with Crippen LogP contribution in [0.1, 0.15) is 30.0 Å². The highest BCUT2D eigenvalue weighted by molar-refractivity contribution is 6.77. The molecule has 0 atom stereocenters. The van der Waals surface area contributed by atoms with Crippen molar-refractivity contribution < 1.29 is 9.18 Å². The van der Waals surface area contributed by atoms with E-state index in [2.05, 4.69) is 13.1 Å². The van der Waals surface area contributed by atoms with Gasteiger partial charge in [0.05, 0.1) is 0 Å². The lowest BCUT2D eigenvalue weighted by molar-refractivity contribution is -0.114. The number of carbonyl (C=O) groups excluding carboxylic acids is 1. The van der Waals surface area contributed by atoms with Crippen molar-refractivity contribution in [3.05, 3.63) is 57.9 Å². The predicted octanol–water partition coefficient (Wildman–Crippen LogP) is 3.49. The van der Waals surface area contributed by atoms with E-state index in [-0.39, 0.29) is 5.82 Å². The number of halogens is 1. The molecule has 2 N–H and O–H groups in total. The van der Waals surface area contributed by atoms with Gasteiger partial charge in [-0.15, -0.1) is 0 Å². The van der Waals surface area contributed by atoms with Crippen LogP contribution in [0.3, 0.4) is 0 Å². The minimum absolute atomic E-state index is 0.176. The maximum atomic E-state index is 14.2. The van der Waals surface area contributed by atoms with Gasteiger partial charge in [-0.1, -0.05) is 48.1 Å². The van der Waals surface area contributed by atoms with Crippen molar-refractivity contribution in [3.8, 4) is 0 Å². The summed E-state index contributed by atoms with van der Waals surface area (Å²) in [6.45, 7) is 6.43. The molecule has 0 radical (unpaired) electrons. The third-order valence-corrected chi connectivity index (χ3v) is 6.12. The van der Waals surface area contributed by atoms with Gasteiger partial charge >= 0.3 is 0 Å². The molecule has 0 aromatic heterocycles. The molecule has 0 heterocycles. The molecule has 2 nitrogen and oxygen atoms in total. The molecule has 1 amide bonds. The second-order valence-electron chi connectivity index (χ2n) is 6.39. The average molecular weight is 325 g/mol. The topological polar surface area (TPSA) is 43.1 Å². The Morgan fingerprint density at radius 3 is 2.70 bits per heavy atom. The van der Waals surface area contributed by atoms with Crippen LogP contribution in [0.4, 0.5) is 4.39 Å². The summed E-state index contributed by atoms with van der Waals surface area (Å²) in [5.41, 5.74) is 10.8. The summed E-state index contributed by atoms with van der Waals surface area (Å²) in [6.07, 6.45) is 7.32. The zero-order chi connectivity index (χ0) is 16.7. The van der Waals surface area contributed by atoms with Gasteiger partial charge in [0.1, 0.15) is 5.82 Å². The van der Waals surface area contributed by atoms with Crippen LogP contribution in [0.2, 0.25) is 13.1 Å². The van der Waals surface area contributed by atoms with Crippen LogP contribution >= 0.6 is 0 Å². The molecule has 2 aliphatic rings. The Hall–Kier alpha value is -2.07. The van der Waals surface area contributed by atoms with Crippen molar-refractivity contribution >= 4 is 31.1 Å². The Morgan fingerprint density at radius 2 is 2.04 bits per heavy atom. The first-order chi connectivity index (χ1) is 10.9. The lowest BCUT2D eigenvalue weighted by atomic mass is 9.87. The van der Waals surface area contributed by atoms with Crippen molar-refractivity contribution in [2.24, 2.45) is 5.73 Å². The summed E-state index contributed by atoms with van der Waals surface area (Å²) in [5.74, 6) is -0.599. The fraction of sp³-hybridized carbons (Fsp3) is 0.263. The first-order valence-electron chi connectivity index (χ1n) is 7.76. The molecule has 0 fully saturated rings. The lowest BCUT2D eigenvalue weighted by Gasteiger charge is -2.22. The first kappa shape index (κ1) is 15.8. The molecule has 0 unspecified atom stereocenters. The van der Waals surface area contributed by atoms with E-state index in [4.69, 9.17) is 5.73 Å². The predicted molar refractivity (Wildman–Crippen MR) is 96.1 cm³/mol. The Kier molecular flexibility index (Phi) is 4.02. The molecule has 3 rings (SSSR count). The Labute approximate surface area is 137 Å². The van der Waals surface area contributed by atoms with Gasteiger partial charge in [-0.05, 0) is 48.1 Å². The maximum Gasteiger partial charge on any atom is 0.249 e. The minimum Gasteiger partial charge on any atom is -0.366 e. The molecule has 118 valence electrons. The standard InChI is InChI=1S/C19H20FNOSi/c1-11-9-14-12(7-8-16(20)15(14)10-11)18-13(19(21)22)5-4-6-17(18)23(2)3/h4-5,7-9H,6,10H2,1-3H3,(H2,21,22). The van der Waals surface area contributed by atoms with Crippen molar-refractivity contribution in [3.63, 3.8) is 0 Å². The minimum atomic E-state index is -0.751. The number of nitrogens with two attached hydrogens (primary N) is 1. The van der Waals surface area contributed by atoms with E-state index in [1.807, 2.05) is 25.2 Å².